The van der Waals surface area contributed by atoms with Gasteiger partial charge in [-0.25, -0.2) is 4.79 Å². The number of phenolic OH excluding ortho intramolecular Hbond substituents is 1. The predicted molar refractivity (Wildman–Crippen MR) is 67.7 cm³/mol. The molecular weight excluding hydrogens is 266 g/mol. The van der Waals surface area contributed by atoms with Gasteiger partial charge in [-0.15, -0.1) is 0 Å². The Hall–Kier alpha value is -2.28. The van der Waals surface area contributed by atoms with E-state index in [1.165, 1.54) is 25.3 Å². The number of hydrogen-bond donors (Lipinski definition) is 3. The van der Waals surface area contributed by atoms with Gasteiger partial charge in [-0.1, -0.05) is 0 Å². The van der Waals surface area contributed by atoms with Gasteiger partial charge in [-0.05, 0) is 12.1 Å². The Bertz CT molecular complexity index is 544. The number of rotatable bonds is 3. The molecule has 1 aromatic carbocycles. The van der Waals surface area contributed by atoms with Crippen molar-refractivity contribution in [2.45, 2.75) is 18.6 Å². The number of carboxylic acids is 1. The van der Waals surface area contributed by atoms with Crippen LogP contribution in [-0.4, -0.2) is 57.9 Å². The van der Waals surface area contributed by atoms with E-state index in [-0.39, 0.29) is 24.3 Å². The van der Waals surface area contributed by atoms with Crippen LogP contribution in [0.2, 0.25) is 0 Å². The van der Waals surface area contributed by atoms with Gasteiger partial charge in [0.15, 0.2) is 0 Å². The zero-order valence-electron chi connectivity index (χ0n) is 10.8. The zero-order chi connectivity index (χ0) is 14.9. The van der Waals surface area contributed by atoms with E-state index in [1.807, 2.05) is 0 Å². The molecule has 0 radical (unpaired) electrons. The van der Waals surface area contributed by atoms with Gasteiger partial charge in [0, 0.05) is 19.0 Å². The third-order valence-corrected chi connectivity index (χ3v) is 3.26. The summed E-state index contributed by atoms with van der Waals surface area (Å²) in [5.41, 5.74) is -0.0221. The summed E-state index contributed by atoms with van der Waals surface area (Å²) in [5.74, 6) is -1.72. The van der Waals surface area contributed by atoms with Crippen LogP contribution < -0.4 is 4.74 Å². The second-order valence-corrected chi connectivity index (χ2v) is 4.58. The van der Waals surface area contributed by atoms with Crippen molar-refractivity contribution in [3.63, 3.8) is 0 Å². The van der Waals surface area contributed by atoms with E-state index in [2.05, 4.69) is 0 Å². The lowest BCUT2D eigenvalue weighted by atomic mass is 10.1. The van der Waals surface area contributed by atoms with Crippen LogP contribution in [0.5, 0.6) is 11.5 Å². The van der Waals surface area contributed by atoms with Crippen molar-refractivity contribution in [2.24, 2.45) is 0 Å². The summed E-state index contributed by atoms with van der Waals surface area (Å²) < 4.78 is 4.91. The van der Waals surface area contributed by atoms with Gasteiger partial charge in [0.05, 0.1) is 18.8 Å². The van der Waals surface area contributed by atoms with Crippen molar-refractivity contribution in [1.82, 2.24) is 4.90 Å². The number of amides is 1. The number of nitrogens with zero attached hydrogens (tertiary/aromatic N) is 1. The van der Waals surface area contributed by atoms with Gasteiger partial charge in [0.2, 0.25) is 0 Å². The van der Waals surface area contributed by atoms with Crippen molar-refractivity contribution < 1.29 is 29.6 Å². The number of aromatic hydroxyl groups is 1. The number of aliphatic hydroxyl groups is 1. The number of methoxy groups -OCH3 is 1. The Morgan fingerprint density at radius 3 is 2.65 bits per heavy atom. The van der Waals surface area contributed by atoms with E-state index >= 15 is 0 Å². The number of likely N-dealkylation sites (tertiary alicyclic amines) is 1. The highest BCUT2D eigenvalue weighted by Crippen LogP contribution is 2.27. The predicted octanol–water partition coefficient (Wildman–Crippen LogP) is 0.0608. The maximum atomic E-state index is 12.3. The number of aliphatic carboxylic acids is 1. The average molecular weight is 281 g/mol. The third kappa shape index (κ3) is 2.53. The Morgan fingerprint density at radius 1 is 1.40 bits per heavy atom. The second-order valence-electron chi connectivity index (χ2n) is 4.58. The van der Waals surface area contributed by atoms with Gasteiger partial charge in [0.25, 0.3) is 5.91 Å². The molecule has 0 unspecified atom stereocenters. The van der Waals surface area contributed by atoms with Gasteiger partial charge in [0.1, 0.15) is 17.5 Å². The molecule has 2 atom stereocenters. The molecule has 7 heteroatoms. The van der Waals surface area contributed by atoms with Crippen LogP contribution >= 0.6 is 0 Å². The van der Waals surface area contributed by atoms with Crippen molar-refractivity contribution in [1.29, 1.82) is 0 Å². The molecule has 0 bridgehead atoms. The Balaban J connectivity index is 2.29. The summed E-state index contributed by atoms with van der Waals surface area (Å²) in [6.45, 7) is -0.0682. The minimum atomic E-state index is -1.18. The third-order valence-electron chi connectivity index (χ3n) is 3.26. The summed E-state index contributed by atoms with van der Waals surface area (Å²) >= 11 is 0. The van der Waals surface area contributed by atoms with Crippen LogP contribution in [0.4, 0.5) is 0 Å². The first-order valence-corrected chi connectivity index (χ1v) is 6.03. The normalized spacial score (nSPS) is 21.8. The largest absolute Gasteiger partial charge is 0.507 e. The number of hydrogen-bond acceptors (Lipinski definition) is 5. The molecule has 108 valence electrons. The number of carboxylic acid groups (broad SMARTS) is 1. The standard InChI is InChI=1S/C13H15NO6/c1-20-8-2-3-9(11(16)5-8)12(17)14-6-7(15)4-10(14)13(18)19/h2-3,5,7,10,15-16H,4,6H2,1H3,(H,18,19)/t7-,10-/m1/s1. The van der Waals surface area contributed by atoms with E-state index in [0.29, 0.717) is 5.75 Å². The summed E-state index contributed by atoms with van der Waals surface area (Å²) in [5, 5.41) is 28.4. The molecule has 1 amide bonds. The molecular formula is C13H15NO6. The van der Waals surface area contributed by atoms with Crippen LogP contribution in [0, 0.1) is 0 Å². The molecule has 1 fully saturated rings. The first-order valence-electron chi connectivity index (χ1n) is 6.03. The molecule has 2 rings (SSSR count). The van der Waals surface area contributed by atoms with Crippen LogP contribution in [0.15, 0.2) is 18.2 Å². The molecule has 0 aromatic heterocycles. The van der Waals surface area contributed by atoms with Crippen LogP contribution in [0.1, 0.15) is 16.8 Å². The van der Waals surface area contributed by atoms with Crippen LogP contribution in [0.25, 0.3) is 0 Å². The molecule has 3 N–H and O–H groups in total. The van der Waals surface area contributed by atoms with Crippen molar-refractivity contribution >= 4 is 11.9 Å². The second kappa shape index (κ2) is 5.38. The van der Waals surface area contributed by atoms with E-state index in [4.69, 9.17) is 9.84 Å². The summed E-state index contributed by atoms with van der Waals surface area (Å²) in [4.78, 5) is 24.4. The number of carbonyl (C=O) groups is 2. The van der Waals surface area contributed by atoms with Gasteiger partial charge < -0.3 is 25.0 Å². The molecule has 1 aliphatic rings. The Morgan fingerprint density at radius 2 is 2.10 bits per heavy atom. The van der Waals surface area contributed by atoms with Gasteiger partial charge in [-0.2, -0.15) is 0 Å². The first kappa shape index (κ1) is 14.1. The first-order chi connectivity index (χ1) is 9.43. The Labute approximate surface area is 115 Å². The molecule has 1 saturated heterocycles. The highest BCUT2D eigenvalue weighted by atomic mass is 16.5. The molecule has 0 spiro atoms. The summed E-state index contributed by atoms with van der Waals surface area (Å²) in [7, 11) is 1.42. The fraction of sp³-hybridized carbons (Fsp3) is 0.385. The average Bonchev–Trinajstić information content (AvgIpc) is 2.80. The molecule has 1 aromatic rings. The quantitative estimate of drug-likeness (QED) is 0.723. The van der Waals surface area contributed by atoms with Crippen molar-refractivity contribution in [3.05, 3.63) is 23.8 Å². The monoisotopic (exact) mass is 281 g/mol. The maximum absolute atomic E-state index is 12.3. The van der Waals surface area contributed by atoms with E-state index in [1.54, 1.807) is 0 Å². The van der Waals surface area contributed by atoms with E-state index < -0.39 is 24.0 Å². The number of β-amino-alcohol motifs (C(OH)–C–C–N with tert-alkyl or cyclic N) is 1. The van der Waals surface area contributed by atoms with Gasteiger partial charge in [-0.3, -0.25) is 4.79 Å². The smallest absolute Gasteiger partial charge is 0.326 e. The number of carbonyl (C=O) groups excluding carboxylic acids is 1. The van der Waals surface area contributed by atoms with Crippen molar-refractivity contribution in [2.75, 3.05) is 13.7 Å². The summed E-state index contributed by atoms with van der Waals surface area (Å²) in [6.07, 6.45) is -0.890. The number of ether oxygens (including phenoxy) is 1. The highest BCUT2D eigenvalue weighted by molar-refractivity contribution is 5.99. The number of aliphatic hydroxyl groups excluding tert-OH is 1. The van der Waals surface area contributed by atoms with Gasteiger partial charge >= 0.3 is 5.97 Å². The summed E-state index contributed by atoms with van der Waals surface area (Å²) in [6, 6.07) is 3.05. The number of phenols is 1. The molecule has 0 aliphatic carbocycles. The van der Waals surface area contributed by atoms with E-state index in [0.717, 1.165) is 4.90 Å². The molecule has 1 heterocycles. The lowest BCUT2D eigenvalue weighted by Gasteiger charge is -2.21. The van der Waals surface area contributed by atoms with Crippen LogP contribution in [-0.2, 0) is 4.79 Å². The minimum Gasteiger partial charge on any atom is -0.507 e. The maximum Gasteiger partial charge on any atom is 0.326 e. The minimum absolute atomic E-state index is 0.0159. The van der Waals surface area contributed by atoms with E-state index in [9.17, 15) is 19.8 Å². The number of benzene rings is 1. The Kier molecular flexibility index (Phi) is 3.80. The van der Waals surface area contributed by atoms with Crippen molar-refractivity contribution in [3.8, 4) is 11.5 Å². The fourth-order valence-corrected chi connectivity index (χ4v) is 2.25. The molecule has 1 aliphatic heterocycles. The fourth-order valence-electron chi connectivity index (χ4n) is 2.25. The zero-order valence-corrected chi connectivity index (χ0v) is 10.8. The van der Waals surface area contributed by atoms with Crippen LogP contribution in [0.3, 0.4) is 0 Å². The molecule has 0 saturated carbocycles. The molecule has 7 nitrogen and oxygen atoms in total. The lowest BCUT2D eigenvalue weighted by Crippen LogP contribution is -2.40. The SMILES string of the molecule is COc1ccc(C(=O)N2C[C@H](O)C[C@@H]2C(=O)O)c(O)c1. The molecule has 20 heavy (non-hydrogen) atoms. The topological polar surface area (TPSA) is 107 Å². The highest BCUT2D eigenvalue weighted by Gasteiger charge is 2.39. The lowest BCUT2D eigenvalue weighted by molar-refractivity contribution is -0.141.